The summed E-state index contributed by atoms with van der Waals surface area (Å²) >= 11 is 0. The van der Waals surface area contributed by atoms with Crippen LogP contribution in [0.5, 0.6) is 0 Å². The number of benzene rings is 1. The molecule has 2 aliphatic rings. The van der Waals surface area contributed by atoms with E-state index in [0.29, 0.717) is 11.6 Å². The Bertz CT molecular complexity index is 837. The molecule has 0 aliphatic carbocycles. The van der Waals surface area contributed by atoms with Gasteiger partial charge < -0.3 is 15.5 Å². The van der Waals surface area contributed by atoms with Crippen molar-refractivity contribution in [2.45, 2.75) is 31.7 Å². The summed E-state index contributed by atoms with van der Waals surface area (Å²) in [5.74, 6) is 1.36. The molecule has 1 aromatic carbocycles. The number of amides is 1. The van der Waals surface area contributed by atoms with Crippen LogP contribution >= 0.6 is 0 Å². The topological polar surface area (TPSA) is 94.0 Å². The zero-order valence-corrected chi connectivity index (χ0v) is 14.0. The zero-order valence-electron chi connectivity index (χ0n) is 14.0. The Hall–Kier alpha value is -2.96. The van der Waals surface area contributed by atoms with E-state index in [1.54, 1.807) is 6.20 Å². The number of carbonyl (C=O) groups excluding carboxylic acids is 1. The summed E-state index contributed by atoms with van der Waals surface area (Å²) in [6.07, 6.45) is 4.15. The van der Waals surface area contributed by atoms with Crippen molar-refractivity contribution < 1.29 is 4.79 Å². The minimum absolute atomic E-state index is 0.0290. The second-order valence-electron chi connectivity index (χ2n) is 6.39. The average molecular weight is 336 g/mol. The number of aromatic nitrogens is 2. The minimum atomic E-state index is -0.508. The molecule has 1 aromatic heterocycles. The van der Waals surface area contributed by atoms with Gasteiger partial charge in [-0.05, 0) is 19.3 Å². The summed E-state index contributed by atoms with van der Waals surface area (Å²) in [7, 11) is 0. The van der Waals surface area contributed by atoms with Gasteiger partial charge in [0.15, 0.2) is 5.82 Å². The molecule has 3 heterocycles. The molecule has 0 spiro atoms. The molecule has 1 amide bonds. The van der Waals surface area contributed by atoms with Crippen molar-refractivity contribution in [3.05, 3.63) is 42.1 Å². The van der Waals surface area contributed by atoms with Crippen LogP contribution in [0, 0.1) is 5.41 Å². The van der Waals surface area contributed by atoms with Crippen molar-refractivity contribution in [3.63, 3.8) is 0 Å². The van der Waals surface area contributed by atoms with Gasteiger partial charge in [-0.15, -0.1) is 0 Å². The predicted octanol–water partition coefficient (Wildman–Crippen LogP) is 2.62. The van der Waals surface area contributed by atoms with E-state index in [0.717, 1.165) is 37.2 Å². The molecular formula is C18H20N6O. The molecule has 1 fully saturated rings. The van der Waals surface area contributed by atoms with Gasteiger partial charge in [0.2, 0.25) is 11.9 Å². The van der Waals surface area contributed by atoms with E-state index in [1.807, 2.05) is 37.3 Å². The Morgan fingerprint density at radius 1 is 1.40 bits per heavy atom. The van der Waals surface area contributed by atoms with E-state index < -0.39 is 5.54 Å². The smallest absolute Gasteiger partial charge is 0.250 e. The van der Waals surface area contributed by atoms with Crippen LogP contribution in [0.15, 0.2) is 36.5 Å². The zero-order chi connectivity index (χ0) is 17.4. The lowest BCUT2D eigenvalue weighted by atomic mass is 9.90. The number of hydrogen-bond donors (Lipinski definition) is 3. The molecule has 1 atom stereocenters. The molecule has 7 nitrogen and oxygen atoms in total. The van der Waals surface area contributed by atoms with E-state index in [-0.39, 0.29) is 11.7 Å². The van der Waals surface area contributed by atoms with E-state index in [2.05, 4.69) is 25.5 Å². The van der Waals surface area contributed by atoms with Gasteiger partial charge in [-0.3, -0.25) is 10.2 Å². The first-order valence-electron chi connectivity index (χ1n) is 8.51. The Kier molecular flexibility index (Phi) is 3.63. The number of rotatable bonds is 3. The first kappa shape index (κ1) is 15.6. The normalized spacial score (nSPS) is 21.3. The third-order valence-corrected chi connectivity index (χ3v) is 5.07. The summed E-state index contributed by atoms with van der Waals surface area (Å²) in [5, 5.41) is 14.1. The third kappa shape index (κ3) is 2.43. The van der Waals surface area contributed by atoms with Crippen molar-refractivity contribution in [1.29, 1.82) is 5.41 Å². The number of nitrogens with zero attached hydrogens (tertiary/aromatic N) is 3. The summed E-state index contributed by atoms with van der Waals surface area (Å²) in [6, 6.07) is 9.39. The molecule has 0 bridgehead atoms. The Morgan fingerprint density at radius 3 is 2.96 bits per heavy atom. The fourth-order valence-corrected chi connectivity index (χ4v) is 3.71. The predicted molar refractivity (Wildman–Crippen MR) is 97.2 cm³/mol. The van der Waals surface area contributed by atoms with Crippen LogP contribution in [0.2, 0.25) is 0 Å². The lowest BCUT2D eigenvalue weighted by Crippen LogP contribution is -2.56. The second-order valence-corrected chi connectivity index (χ2v) is 6.39. The maximum atomic E-state index is 12.6. The molecule has 0 radical (unpaired) electrons. The Morgan fingerprint density at radius 2 is 2.20 bits per heavy atom. The third-order valence-electron chi connectivity index (χ3n) is 5.07. The van der Waals surface area contributed by atoms with Crippen LogP contribution in [0.3, 0.4) is 0 Å². The number of hydrogen-bond acceptors (Lipinski definition) is 5. The van der Waals surface area contributed by atoms with Gasteiger partial charge in [0.05, 0.1) is 6.20 Å². The Labute approximate surface area is 146 Å². The molecule has 128 valence electrons. The van der Waals surface area contributed by atoms with E-state index in [4.69, 9.17) is 5.41 Å². The van der Waals surface area contributed by atoms with Gasteiger partial charge in [-0.25, -0.2) is 4.98 Å². The summed E-state index contributed by atoms with van der Waals surface area (Å²) in [4.78, 5) is 23.5. The van der Waals surface area contributed by atoms with Crippen LogP contribution < -0.4 is 15.5 Å². The number of amidine groups is 1. The molecule has 0 unspecified atom stereocenters. The van der Waals surface area contributed by atoms with Crippen LogP contribution in [-0.4, -0.2) is 33.8 Å². The number of fused-ring (bicyclic) bond motifs is 3. The SMILES string of the molecule is CC[C@@]12CCCN1c1nc(NC(=N)c3ccccc3)ncc1NC2=O. The lowest BCUT2D eigenvalue weighted by molar-refractivity contribution is -0.121. The first-order chi connectivity index (χ1) is 12.1. The molecule has 25 heavy (non-hydrogen) atoms. The quantitative estimate of drug-likeness (QED) is 0.592. The highest BCUT2D eigenvalue weighted by atomic mass is 16.2. The standard InChI is InChI=1S/C18H20N6O/c1-2-18-9-6-10-24(18)15-13(21-16(18)25)11-20-17(23-15)22-14(19)12-7-4-3-5-8-12/h3-5,7-8,11H,2,6,9-10H2,1H3,(H,21,25)(H2,19,20,22,23)/t18-/m0/s1. The highest BCUT2D eigenvalue weighted by molar-refractivity contribution is 6.07. The molecule has 2 aliphatic heterocycles. The van der Waals surface area contributed by atoms with Gasteiger partial charge >= 0.3 is 0 Å². The molecule has 0 saturated carbocycles. The Balaban J connectivity index is 1.65. The lowest BCUT2D eigenvalue weighted by Gasteiger charge is -2.41. The van der Waals surface area contributed by atoms with Gasteiger partial charge in [0.25, 0.3) is 0 Å². The van der Waals surface area contributed by atoms with Gasteiger partial charge in [-0.2, -0.15) is 4.98 Å². The fourth-order valence-electron chi connectivity index (χ4n) is 3.71. The molecular weight excluding hydrogens is 316 g/mol. The first-order valence-corrected chi connectivity index (χ1v) is 8.51. The van der Waals surface area contributed by atoms with Crippen molar-refractivity contribution in [2.75, 3.05) is 22.1 Å². The van der Waals surface area contributed by atoms with Crippen molar-refractivity contribution in [1.82, 2.24) is 9.97 Å². The van der Waals surface area contributed by atoms with Gasteiger partial charge in [-0.1, -0.05) is 37.3 Å². The average Bonchev–Trinajstić information content (AvgIpc) is 3.09. The minimum Gasteiger partial charge on any atom is -0.340 e. The molecule has 1 saturated heterocycles. The van der Waals surface area contributed by atoms with Crippen LogP contribution in [0.4, 0.5) is 17.5 Å². The molecule has 7 heteroatoms. The van der Waals surface area contributed by atoms with Crippen LogP contribution in [0.1, 0.15) is 31.7 Å². The highest BCUT2D eigenvalue weighted by Crippen LogP contribution is 2.43. The van der Waals surface area contributed by atoms with E-state index >= 15 is 0 Å². The number of anilines is 3. The van der Waals surface area contributed by atoms with Crippen molar-refractivity contribution in [3.8, 4) is 0 Å². The maximum Gasteiger partial charge on any atom is 0.250 e. The largest absolute Gasteiger partial charge is 0.340 e. The van der Waals surface area contributed by atoms with E-state index in [9.17, 15) is 4.79 Å². The van der Waals surface area contributed by atoms with E-state index in [1.165, 1.54) is 0 Å². The summed E-state index contributed by atoms with van der Waals surface area (Å²) < 4.78 is 0. The number of nitrogens with one attached hydrogen (secondary N) is 3. The highest BCUT2D eigenvalue weighted by Gasteiger charge is 2.50. The van der Waals surface area contributed by atoms with Crippen molar-refractivity contribution >= 4 is 29.2 Å². The summed E-state index contributed by atoms with van der Waals surface area (Å²) in [6.45, 7) is 2.84. The molecule has 2 aromatic rings. The fraction of sp³-hybridized carbons (Fsp3) is 0.333. The van der Waals surface area contributed by atoms with Crippen LogP contribution in [0.25, 0.3) is 0 Å². The van der Waals surface area contributed by atoms with Gasteiger partial charge in [0.1, 0.15) is 17.1 Å². The molecule has 3 N–H and O–H groups in total. The van der Waals surface area contributed by atoms with Crippen molar-refractivity contribution in [2.24, 2.45) is 0 Å². The maximum absolute atomic E-state index is 12.6. The number of carbonyl (C=O) groups is 1. The van der Waals surface area contributed by atoms with Crippen LogP contribution in [-0.2, 0) is 4.79 Å². The second kappa shape index (κ2) is 5.84. The summed E-state index contributed by atoms with van der Waals surface area (Å²) in [5.41, 5.74) is 0.889. The molecule has 4 rings (SSSR count). The van der Waals surface area contributed by atoms with Gasteiger partial charge in [0, 0.05) is 12.1 Å². The monoisotopic (exact) mass is 336 g/mol.